The Morgan fingerprint density at radius 1 is 1.47 bits per heavy atom. The molecule has 0 radical (unpaired) electrons. The Hall–Kier alpha value is -1.02. The molecule has 0 nitrogen and oxygen atoms in total. The van der Waals surface area contributed by atoms with Crippen molar-refractivity contribution in [1.82, 2.24) is 0 Å². The van der Waals surface area contributed by atoms with Gasteiger partial charge in [-0.1, -0.05) is 42.8 Å². The maximum absolute atomic E-state index is 13.5. The van der Waals surface area contributed by atoms with Crippen molar-refractivity contribution >= 4 is 11.8 Å². The number of aryl methyl sites for hydroxylation is 1. The first-order valence-electron chi connectivity index (χ1n) is 5.76. The van der Waals surface area contributed by atoms with Gasteiger partial charge in [0.1, 0.15) is 5.82 Å². The van der Waals surface area contributed by atoms with Crippen molar-refractivity contribution < 1.29 is 4.39 Å². The molecule has 0 aliphatic carbocycles. The van der Waals surface area contributed by atoms with E-state index < -0.39 is 0 Å². The van der Waals surface area contributed by atoms with Gasteiger partial charge in [0.2, 0.25) is 0 Å². The van der Waals surface area contributed by atoms with Crippen LogP contribution in [0.5, 0.6) is 0 Å². The van der Waals surface area contributed by atoms with Gasteiger partial charge in [-0.05, 0) is 36.8 Å². The summed E-state index contributed by atoms with van der Waals surface area (Å²) in [6.45, 7) is 10.0. The summed E-state index contributed by atoms with van der Waals surface area (Å²) in [5, 5.41) is 0. The molecule has 0 amide bonds. The lowest BCUT2D eigenvalue weighted by Gasteiger charge is -2.05. The zero-order chi connectivity index (χ0) is 12.8. The van der Waals surface area contributed by atoms with Crippen LogP contribution in [-0.2, 0) is 5.75 Å². The molecule has 1 aromatic rings. The van der Waals surface area contributed by atoms with Crippen LogP contribution in [-0.4, -0.2) is 0 Å². The summed E-state index contributed by atoms with van der Waals surface area (Å²) >= 11 is 1.66. The summed E-state index contributed by atoms with van der Waals surface area (Å²) in [6.07, 6.45) is 3.02. The normalized spacial score (nSPS) is 11.6. The largest absolute Gasteiger partial charge is 0.207 e. The molecule has 0 aliphatic heterocycles. The lowest BCUT2D eigenvalue weighted by atomic mass is 10.1. The molecule has 0 unspecified atom stereocenters. The van der Waals surface area contributed by atoms with Gasteiger partial charge in [-0.15, -0.1) is 11.8 Å². The molecule has 1 aromatic carbocycles. The van der Waals surface area contributed by atoms with E-state index in [1.807, 2.05) is 19.9 Å². The van der Waals surface area contributed by atoms with Crippen LogP contribution in [0.25, 0.3) is 0 Å². The number of allylic oxidation sites excluding steroid dienone is 3. The zero-order valence-electron chi connectivity index (χ0n) is 10.7. The maximum atomic E-state index is 13.5. The fourth-order valence-electron chi connectivity index (χ4n) is 1.44. The van der Waals surface area contributed by atoms with Crippen molar-refractivity contribution in [2.75, 3.05) is 0 Å². The predicted octanol–water partition coefficient (Wildman–Crippen LogP) is 5.24. The van der Waals surface area contributed by atoms with Gasteiger partial charge in [0.15, 0.2) is 0 Å². The summed E-state index contributed by atoms with van der Waals surface area (Å²) in [7, 11) is 0. The molecule has 0 N–H and O–H groups in total. The topological polar surface area (TPSA) is 0 Å². The minimum Gasteiger partial charge on any atom is -0.207 e. The van der Waals surface area contributed by atoms with Gasteiger partial charge in [-0.2, -0.15) is 0 Å². The summed E-state index contributed by atoms with van der Waals surface area (Å²) < 4.78 is 13.5. The second-order valence-electron chi connectivity index (χ2n) is 4.15. The van der Waals surface area contributed by atoms with Crippen molar-refractivity contribution in [3.63, 3.8) is 0 Å². The average Bonchev–Trinajstić information content (AvgIpc) is 2.30. The van der Waals surface area contributed by atoms with Crippen LogP contribution in [0.4, 0.5) is 4.39 Å². The van der Waals surface area contributed by atoms with Crippen molar-refractivity contribution in [1.29, 1.82) is 0 Å². The van der Waals surface area contributed by atoms with E-state index in [2.05, 4.69) is 19.6 Å². The highest BCUT2D eigenvalue weighted by Crippen LogP contribution is 2.24. The van der Waals surface area contributed by atoms with Crippen molar-refractivity contribution in [3.05, 3.63) is 58.3 Å². The third kappa shape index (κ3) is 4.78. The highest BCUT2D eigenvalue weighted by atomic mass is 32.2. The third-order valence-corrected chi connectivity index (χ3v) is 3.55. The summed E-state index contributed by atoms with van der Waals surface area (Å²) in [5.74, 6) is 0.553. The average molecular weight is 250 g/mol. The molecule has 2 heteroatoms. The Balaban J connectivity index is 2.64. The molecule has 0 heterocycles. The molecule has 0 saturated carbocycles. The number of benzene rings is 1. The Bertz CT molecular complexity index is 433. The predicted molar refractivity (Wildman–Crippen MR) is 75.6 cm³/mol. The van der Waals surface area contributed by atoms with Gasteiger partial charge in [0.05, 0.1) is 0 Å². The second-order valence-corrected chi connectivity index (χ2v) is 5.37. The minimum atomic E-state index is -0.120. The van der Waals surface area contributed by atoms with Gasteiger partial charge >= 0.3 is 0 Å². The Morgan fingerprint density at radius 2 is 2.18 bits per heavy atom. The summed E-state index contributed by atoms with van der Waals surface area (Å²) in [5.41, 5.74) is 2.98. The summed E-state index contributed by atoms with van der Waals surface area (Å²) in [4.78, 5) is 1.18. The van der Waals surface area contributed by atoms with Crippen molar-refractivity contribution in [3.8, 4) is 0 Å². The van der Waals surface area contributed by atoms with Crippen LogP contribution in [0, 0.1) is 12.7 Å². The smallest absolute Gasteiger partial charge is 0.127 e. The molecule has 0 bridgehead atoms. The van der Waals surface area contributed by atoms with Gasteiger partial charge in [-0.3, -0.25) is 0 Å². The number of halogens is 1. The van der Waals surface area contributed by atoms with E-state index in [-0.39, 0.29) is 5.82 Å². The Labute approximate surface area is 108 Å². The van der Waals surface area contributed by atoms with Crippen molar-refractivity contribution in [2.24, 2.45) is 0 Å². The van der Waals surface area contributed by atoms with Crippen molar-refractivity contribution in [2.45, 2.75) is 32.9 Å². The number of hydrogen-bond donors (Lipinski definition) is 0. The lowest BCUT2D eigenvalue weighted by Crippen LogP contribution is -1.89. The van der Waals surface area contributed by atoms with Gasteiger partial charge in [0.25, 0.3) is 0 Å². The van der Waals surface area contributed by atoms with E-state index in [1.54, 1.807) is 17.8 Å². The van der Waals surface area contributed by atoms with Crippen LogP contribution in [0.1, 0.15) is 31.4 Å². The minimum absolute atomic E-state index is 0.120. The first-order chi connectivity index (χ1) is 8.02. The molecule has 17 heavy (non-hydrogen) atoms. The molecule has 0 aliphatic rings. The first-order valence-corrected chi connectivity index (χ1v) is 6.75. The van der Waals surface area contributed by atoms with E-state index >= 15 is 0 Å². The fourth-order valence-corrected chi connectivity index (χ4v) is 2.29. The molecule has 0 aromatic heterocycles. The Morgan fingerprint density at radius 3 is 2.82 bits per heavy atom. The lowest BCUT2D eigenvalue weighted by molar-refractivity contribution is 0.617. The van der Waals surface area contributed by atoms with Crippen LogP contribution in [0.15, 0.2) is 41.3 Å². The Kier molecular flexibility index (Phi) is 5.49. The van der Waals surface area contributed by atoms with E-state index in [0.717, 1.165) is 23.1 Å². The van der Waals surface area contributed by atoms with E-state index in [1.165, 1.54) is 11.0 Å². The molecule has 0 fully saturated rings. The number of thioether (sulfide) groups is 1. The molecule has 0 spiro atoms. The number of hydrogen-bond acceptors (Lipinski definition) is 1. The van der Waals surface area contributed by atoms with E-state index in [0.29, 0.717) is 5.75 Å². The van der Waals surface area contributed by atoms with Gasteiger partial charge in [0, 0.05) is 5.75 Å². The molecule has 92 valence electrons. The number of rotatable bonds is 5. The molecule has 0 saturated heterocycles. The monoisotopic (exact) mass is 250 g/mol. The molecule has 1 rings (SSSR count). The molecular weight excluding hydrogens is 231 g/mol. The van der Waals surface area contributed by atoms with Gasteiger partial charge < -0.3 is 0 Å². The standard InChI is InChI=1S/C15H19FS/c1-5-11(2)8-13(4)17-10-14-9-12(3)6-7-15(14)16/h6-9H,2,5,10H2,1,3-4H3/b13-8+. The first kappa shape index (κ1) is 14.0. The highest BCUT2D eigenvalue weighted by molar-refractivity contribution is 8.02. The van der Waals surface area contributed by atoms with Crippen LogP contribution < -0.4 is 0 Å². The van der Waals surface area contributed by atoms with Gasteiger partial charge in [-0.25, -0.2) is 4.39 Å². The van der Waals surface area contributed by atoms with Crippen LogP contribution >= 0.6 is 11.8 Å². The van der Waals surface area contributed by atoms with E-state index in [9.17, 15) is 4.39 Å². The van der Waals surface area contributed by atoms with Crippen LogP contribution in [0.2, 0.25) is 0 Å². The molecular formula is C15H19FS. The SMILES string of the molecule is C=C(/C=C(\C)SCc1cc(C)ccc1F)CC. The second kappa shape index (κ2) is 6.65. The maximum Gasteiger partial charge on any atom is 0.127 e. The fraction of sp³-hybridized carbons (Fsp3) is 0.333. The zero-order valence-corrected chi connectivity index (χ0v) is 11.5. The van der Waals surface area contributed by atoms with Crippen LogP contribution in [0.3, 0.4) is 0 Å². The molecule has 0 atom stereocenters. The summed E-state index contributed by atoms with van der Waals surface area (Å²) in [6, 6.07) is 5.24. The third-order valence-electron chi connectivity index (χ3n) is 2.52. The quantitative estimate of drug-likeness (QED) is 0.644. The van der Waals surface area contributed by atoms with E-state index in [4.69, 9.17) is 0 Å². The highest BCUT2D eigenvalue weighted by Gasteiger charge is 2.03.